The minimum absolute atomic E-state index is 0.0117. The van der Waals surface area contributed by atoms with E-state index in [2.05, 4.69) is 21.2 Å². The molecule has 31 heavy (non-hydrogen) atoms. The first-order valence-electron chi connectivity index (χ1n) is 9.97. The molecule has 0 spiro atoms. The van der Waals surface area contributed by atoms with Crippen molar-refractivity contribution < 1.29 is 9.53 Å². The van der Waals surface area contributed by atoms with Crippen LogP contribution in [0.2, 0.25) is 0 Å². The molecule has 3 aromatic rings. The number of ether oxygens (including phenoxy) is 1. The number of nitriles is 1. The monoisotopic (exact) mass is 421 g/mol. The molecule has 0 saturated carbocycles. The lowest BCUT2D eigenvalue weighted by Gasteiger charge is -2.32. The Morgan fingerprint density at radius 1 is 1.42 bits per heavy atom. The van der Waals surface area contributed by atoms with Crippen molar-refractivity contribution in [2.75, 3.05) is 30.4 Å². The Bertz CT molecular complexity index is 1220. The van der Waals surface area contributed by atoms with Crippen LogP contribution in [-0.2, 0) is 11.3 Å². The molecule has 1 saturated heterocycles. The van der Waals surface area contributed by atoms with Crippen LogP contribution >= 0.6 is 0 Å². The summed E-state index contributed by atoms with van der Waals surface area (Å²) in [5.74, 6) is 0.473. The van der Waals surface area contributed by atoms with Gasteiger partial charge in [0.1, 0.15) is 5.52 Å². The smallest absolute Gasteiger partial charge is 0.411 e. The molecule has 1 amide bonds. The molecule has 160 valence electrons. The van der Waals surface area contributed by atoms with Crippen molar-refractivity contribution in [1.82, 2.24) is 14.2 Å². The van der Waals surface area contributed by atoms with E-state index in [0.29, 0.717) is 29.3 Å². The summed E-state index contributed by atoms with van der Waals surface area (Å²) >= 11 is 0. The number of fused-ring (bicyclic) bond motifs is 1. The largest absolute Gasteiger partial charge is 0.453 e. The average Bonchev–Trinajstić information content (AvgIpc) is 3.18. The molecule has 0 unspecified atom stereocenters. The Balaban J connectivity index is 1.85. The van der Waals surface area contributed by atoms with Gasteiger partial charge in [0.15, 0.2) is 0 Å². The van der Waals surface area contributed by atoms with Gasteiger partial charge < -0.3 is 15.4 Å². The number of benzene rings is 1. The van der Waals surface area contributed by atoms with E-state index in [-0.39, 0.29) is 18.1 Å². The van der Waals surface area contributed by atoms with E-state index in [0.717, 1.165) is 24.9 Å². The molecule has 10 heteroatoms. The van der Waals surface area contributed by atoms with Gasteiger partial charge in [0.25, 0.3) is 5.56 Å². The molecule has 10 nitrogen and oxygen atoms in total. The molecular weight excluding hydrogens is 398 g/mol. The number of rotatable bonds is 4. The number of carbonyl (C=O) groups excluding carboxylic acids is 1. The zero-order valence-electron chi connectivity index (χ0n) is 17.1. The Labute approximate surface area is 178 Å². The maximum atomic E-state index is 13.5. The van der Waals surface area contributed by atoms with Gasteiger partial charge in [0.05, 0.1) is 37.2 Å². The normalized spacial score (nSPS) is 16.2. The van der Waals surface area contributed by atoms with Crippen LogP contribution in [0.25, 0.3) is 5.52 Å². The summed E-state index contributed by atoms with van der Waals surface area (Å²) in [5.41, 5.74) is 7.80. The van der Waals surface area contributed by atoms with Crippen LogP contribution in [0.3, 0.4) is 0 Å². The number of methoxy groups -OCH3 is 1. The van der Waals surface area contributed by atoms with Crippen LogP contribution in [0.4, 0.5) is 16.4 Å². The van der Waals surface area contributed by atoms with Crippen LogP contribution in [0.1, 0.15) is 24.0 Å². The molecule has 1 aliphatic rings. The molecule has 3 N–H and O–H groups in total. The molecule has 0 radical (unpaired) electrons. The van der Waals surface area contributed by atoms with E-state index in [9.17, 15) is 14.9 Å². The van der Waals surface area contributed by atoms with Gasteiger partial charge in [-0.2, -0.15) is 5.26 Å². The van der Waals surface area contributed by atoms with Gasteiger partial charge in [0.2, 0.25) is 5.95 Å². The van der Waals surface area contributed by atoms with Gasteiger partial charge >= 0.3 is 6.09 Å². The van der Waals surface area contributed by atoms with Gasteiger partial charge in [-0.3, -0.25) is 14.7 Å². The van der Waals surface area contributed by atoms with Crippen LogP contribution < -0.4 is 21.5 Å². The third-order valence-corrected chi connectivity index (χ3v) is 5.34. The van der Waals surface area contributed by atoms with Crippen molar-refractivity contribution in [2.45, 2.75) is 25.4 Å². The van der Waals surface area contributed by atoms with Gasteiger partial charge in [-0.25, -0.2) is 9.31 Å². The van der Waals surface area contributed by atoms with Crippen LogP contribution in [-0.4, -0.2) is 46.5 Å². The number of aromatic nitrogens is 3. The Kier molecular flexibility index (Phi) is 5.60. The second kappa shape index (κ2) is 8.49. The molecule has 2 aromatic heterocycles. The predicted molar refractivity (Wildman–Crippen MR) is 115 cm³/mol. The summed E-state index contributed by atoms with van der Waals surface area (Å²) < 4.78 is 7.64. The van der Waals surface area contributed by atoms with Crippen molar-refractivity contribution in [2.24, 2.45) is 5.73 Å². The maximum Gasteiger partial charge on any atom is 0.411 e. The lowest BCUT2D eigenvalue weighted by atomic mass is 10.1. The molecule has 1 aromatic carbocycles. The number of nitrogens with one attached hydrogen (secondary N) is 1. The SMILES string of the molecule is COC(=O)Nc1cc2c(=O)n(Cc3ccccc3C#N)c(N3CCC[C@@H](N)C3)nn2c1. The topological polar surface area (TPSA) is 131 Å². The van der Waals surface area contributed by atoms with Gasteiger partial charge in [0, 0.05) is 19.1 Å². The van der Waals surface area contributed by atoms with Crippen LogP contribution in [0, 0.1) is 11.3 Å². The highest BCUT2D eigenvalue weighted by molar-refractivity contribution is 5.85. The third-order valence-electron chi connectivity index (χ3n) is 5.34. The van der Waals surface area contributed by atoms with E-state index >= 15 is 0 Å². The number of amides is 1. The fourth-order valence-electron chi connectivity index (χ4n) is 3.82. The number of hydrogen-bond acceptors (Lipinski definition) is 7. The second-order valence-corrected chi connectivity index (χ2v) is 7.48. The molecule has 0 bridgehead atoms. The van der Waals surface area contributed by atoms with E-state index < -0.39 is 6.09 Å². The van der Waals surface area contributed by atoms with E-state index in [4.69, 9.17) is 5.73 Å². The lowest BCUT2D eigenvalue weighted by Crippen LogP contribution is -2.46. The Morgan fingerprint density at radius 2 is 2.23 bits per heavy atom. The summed E-state index contributed by atoms with van der Waals surface area (Å²) in [6.07, 6.45) is 2.73. The van der Waals surface area contributed by atoms with Gasteiger partial charge in [-0.15, -0.1) is 5.10 Å². The first-order valence-corrected chi connectivity index (χ1v) is 9.97. The van der Waals surface area contributed by atoms with Crippen LogP contribution in [0.5, 0.6) is 0 Å². The molecule has 3 heterocycles. The van der Waals surface area contributed by atoms with Crippen molar-refractivity contribution in [3.05, 3.63) is 58.0 Å². The van der Waals surface area contributed by atoms with Crippen molar-refractivity contribution in [3.63, 3.8) is 0 Å². The minimum atomic E-state index is -0.638. The van der Waals surface area contributed by atoms with Gasteiger partial charge in [-0.1, -0.05) is 18.2 Å². The molecule has 1 fully saturated rings. The number of anilines is 2. The van der Waals surface area contributed by atoms with Crippen LogP contribution in [0.15, 0.2) is 41.3 Å². The zero-order chi connectivity index (χ0) is 22.0. The molecule has 1 atom stereocenters. The number of nitrogens with two attached hydrogens (primary N) is 1. The third kappa shape index (κ3) is 4.08. The maximum absolute atomic E-state index is 13.5. The number of piperidine rings is 1. The van der Waals surface area contributed by atoms with Crippen molar-refractivity contribution in [3.8, 4) is 6.07 Å². The summed E-state index contributed by atoms with van der Waals surface area (Å²) in [7, 11) is 1.26. The highest BCUT2D eigenvalue weighted by Crippen LogP contribution is 2.20. The van der Waals surface area contributed by atoms with Gasteiger partial charge in [-0.05, 0) is 30.5 Å². The standard InChI is InChI=1S/C21H23N7O3/c1-31-21(30)24-17-9-18-19(29)27(11-15-6-3-2-5-14(15)10-22)20(25-28(18)13-17)26-8-4-7-16(23)12-26/h2-3,5-6,9,13,16H,4,7-8,11-12,23H2,1H3,(H,24,30)/t16-/m1/s1. The highest BCUT2D eigenvalue weighted by Gasteiger charge is 2.24. The fourth-order valence-corrected chi connectivity index (χ4v) is 3.82. The van der Waals surface area contributed by atoms with E-state index in [1.165, 1.54) is 11.6 Å². The van der Waals surface area contributed by atoms with Crippen molar-refractivity contribution >= 4 is 23.2 Å². The highest BCUT2D eigenvalue weighted by atomic mass is 16.5. The Morgan fingerprint density at radius 3 is 2.97 bits per heavy atom. The summed E-state index contributed by atoms with van der Waals surface area (Å²) in [4.78, 5) is 27.0. The number of carbonyl (C=O) groups is 1. The minimum Gasteiger partial charge on any atom is -0.453 e. The lowest BCUT2D eigenvalue weighted by molar-refractivity contribution is 0.187. The number of hydrogen-bond donors (Lipinski definition) is 2. The molecule has 1 aliphatic heterocycles. The van der Waals surface area contributed by atoms with E-state index in [1.54, 1.807) is 29.0 Å². The van der Waals surface area contributed by atoms with Crippen molar-refractivity contribution in [1.29, 1.82) is 5.26 Å². The summed E-state index contributed by atoms with van der Waals surface area (Å²) in [6, 6.07) is 10.9. The first-order chi connectivity index (χ1) is 15.0. The predicted octanol–water partition coefficient (Wildman–Crippen LogP) is 1.52. The molecular formula is C21H23N7O3. The summed E-state index contributed by atoms with van der Waals surface area (Å²) in [6.45, 7) is 1.49. The second-order valence-electron chi connectivity index (χ2n) is 7.48. The molecule has 0 aliphatic carbocycles. The number of nitrogens with zero attached hydrogens (tertiary/aromatic N) is 5. The first kappa shape index (κ1) is 20.4. The zero-order valence-corrected chi connectivity index (χ0v) is 17.1. The van der Waals surface area contributed by atoms with E-state index in [1.807, 2.05) is 17.0 Å². The molecule has 4 rings (SSSR count). The fraction of sp³-hybridized carbons (Fsp3) is 0.333. The average molecular weight is 421 g/mol. The quantitative estimate of drug-likeness (QED) is 0.653. The Hall–Kier alpha value is -3.84. The summed E-state index contributed by atoms with van der Waals surface area (Å²) in [5, 5.41) is 16.7.